The van der Waals surface area contributed by atoms with Gasteiger partial charge in [-0.05, 0) is 38.6 Å². The van der Waals surface area contributed by atoms with Gasteiger partial charge in [0, 0.05) is 19.7 Å². The zero-order chi connectivity index (χ0) is 8.77. The van der Waals surface area contributed by atoms with Gasteiger partial charge in [-0.2, -0.15) is 0 Å². The Morgan fingerprint density at radius 3 is 2.58 bits per heavy atom. The Bertz CT molecular complexity index is 177. The van der Waals surface area contributed by atoms with E-state index in [1.807, 2.05) is 7.11 Å². The SMILES string of the molecule is COC(C)[C@@H]1CC2(CC2)CN1C. The number of hydrogen-bond donors (Lipinski definition) is 0. The van der Waals surface area contributed by atoms with Crippen LogP contribution in [-0.4, -0.2) is 37.7 Å². The van der Waals surface area contributed by atoms with Crippen molar-refractivity contribution in [2.75, 3.05) is 20.7 Å². The topological polar surface area (TPSA) is 12.5 Å². The van der Waals surface area contributed by atoms with Crippen LogP contribution in [0.1, 0.15) is 26.2 Å². The molecule has 1 saturated carbocycles. The van der Waals surface area contributed by atoms with Gasteiger partial charge in [0.05, 0.1) is 6.10 Å². The van der Waals surface area contributed by atoms with E-state index in [1.54, 1.807) is 0 Å². The maximum Gasteiger partial charge on any atom is 0.0698 e. The molecule has 0 aromatic heterocycles. The van der Waals surface area contributed by atoms with Crippen molar-refractivity contribution in [3.63, 3.8) is 0 Å². The van der Waals surface area contributed by atoms with Gasteiger partial charge in [-0.25, -0.2) is 0 Å². The average molecular weight is 169 g/mol. The molecule has 2 aliphatic rings. The van der Waals surface area contributed by atoms with E-state index in [0.717, 1.165) is 0 Å². The van der Waals surface area contributed by atoms with Crippen LogP contribution >= 0.6 is 0 Å². The minimum atomic E-state index is 0.398. The van der Waals surface area contributed by atoms with Gasteiger partial charge in [0.1, 0.15) is 0 Å². The summed E-state index contributed by atoms with van der Waals surface area (Å²) < 4.78 is 5.38. The van der Waals surface area contributed by atoms with Gasteiger partial charge in [-0.3, -0.25) is 0 Å². The molecule has 1 unspecified atom stereocenters. The number of likely N-dealkylation sites (tertiary alicyclic amines) is 1. The van der Waals surface area contributed by atoms with Gasteiger partial charge < -0.3 is 9.64 Å². The molecule has 1 spiro atoms. The summed E-state index contributed by atoms with van der Waals surface area (Å²) in [6, 6.07) is 0.664. The minimum Gasteiger partial charge on any atom is -0.380 e. The van der Waals surface area contributed by atoms with E-state index in [0.29, 0.717) is 17.6 Å². The summed E-state index contributed by atoms with van der Waals surface area (Å²) in [5, 5.41) is 0. The largest absolute Gasteiger partial charge is 0.380 e. The second-order valence-electron chi connectivity index (χ2n) is 4.63. The number of ether oxygens (including phenoxy) is 1. The average Bonchev–Trinajstić information content (AvgIpc) is 2.70. The molecule has 1 saturated heterocycles. The lowest BCUT2D eigenvalue weighted by molar-refractivity contribution is 0.0529. The van der Waals surface area contributed by atoms with Crippen molar-refractivity contribution in [3.05, 3.63) is 0 Å². The zero-order valence-electron chi connectivity index (χ0n) is 8.34. The number of nitrogens with zero attached hydrogens (tertiary/aromatic N) is 1. The van der Waals surface area contributed by atoms with Crippen molar-refractivity contribution >= 4 is 0 Å². The molecule has 2 nitrogen and oxygen atoms in total. The molecule has 0 amide bonds. The highest BCUT2D eigenvalue weighted by Gasteiger charge is 2.51. The fraction of sp³-hybridized carbons (Fsp3) is 1.00. The van der Waals surface area contributed by atoms with E-state index >= 15 is 0 Å². The van der Waals surface area contributed by atoms with Crippen LogP contribution in [-0.2, 0) is 4.74 Å². The number of rotatable bonds is 2. The van der Waals surface area contributed by atoms with Crippen LogP contribution in [0.3, 0.4) is 0 Å². The summed E-state index contributed by atoms with van der Waals surface area (Å²) in [5.74, 6) is 0. The van der Waals surface area contributed by atoms with Gasteiger partial charge in [0.2, 0.25) is 0 Å². The summed E-state index contributed by atoms with van der Waals surface area (Å²) in [6.45, 7) is 3.48. The Kier molecular flexibility index (Phi) is 1.92. The molecular formula is C10H19NO. The van der Waals surface area contributed by atoms with Crippen LogP contribution in [0.15, 0.2) is 0 Å². The molecule has 1 heterocycles. The molecule has 2 fully saturated rings. The van der Waals surface area contributed by atoms with Crippen molar-refractivity contribution in [1.29, 1.82) is 0 Å². The van der Waals surface area contributed by atoms with Crippen molar-refractivity contribution < 1.29 is 4.74 Å². The number of hydrogen-bond acceptors (Lipinski definition) is 2. The Labute approximate surface area is 74.9 Å². The lowest BCUT2D eigenvalue weighted by atomic mass is 10.0. The maximum absolute atomic E-state index is 5.38. The van der Waals surface area contributed by atoms with E-state index < -0.39 is 0 Å². The Balaban J connectivity index is 1.98. The highest BCUT2D eigenvalue weighted by molar-refractivity contribution is 5.04. The molecule has 0 radical (unpaired) electrons. The van der Waals surface area contributed by atoms with Crippen LogP contribution in [0.5, 0.6) is 0 Å². The van der Waals surface area contributed by atoms with Crippen LogP contribution in [0.2, 0.25) is 0 Å². The zero-order valence-corrected chi connectivity index (χ0v) is 8.34. The number of likely N-dealkylation sites (N-methyl/N-ethyl adjacent to an activating group) is 1. The predicted octanol–water partition coefficient (Wildman–Crippen LogP) is 1.51. The first-order valence-electron chi connectivity index (χ1n) is 4.90. The monoisotopic (exact) mass is 169 g/mol. The molecule has 0 aromatic rings. The normalized spacial score (nSPS) is 35.8. The molecule has 0 N–H and O–H groups in total. The van der Waals surface area contributed by atoms with Crippen molar-refractivity contribution in [2.24, 2.45) is 5.41 Å². The highest BCUT2D eigenvalue weighted by Crippen LogP contribution is 2.54. The van der Waals surface area contributed by atoms with E-state index in [9.17, 15) is 0 Å². The van der Waals surface area contributed by atoms with Gasteiger partial charge in [-0.15, -0.1) is 0 Å². The van der Waals surface area contributed by atoms with Crippen LogP contribution in [0.4, 0.5) is 0 Å². The Morgan fingerprint density at radius 1 is 1.50 bits per heavy atom. The Morgan fingerprint density at radius 2 is 2.17 bits per heavy atom. The van der Waals surface area contributed by atoms with Crippen LogP contribution in [0.25, 0.3) is 0 Å². The third-order valence-corrected chi connectivity index (χ3v) is 3.66. The van der Waals surface area contributed by atoms with Crippen molar-refractivity contribution in [1.82, 2.24) is 4.90 Å². The first-order valence-corrected chi connectivity index (χ1v) is 4.90. The van der Waals surface area contributed by atoms with Crippen LogP contribution in [0, 0.1) is 5.41 Å². The Hall–Kier alpha value is -0.0800. The van der Waals surface area contributed by atoms with Crippen LogP contribution < -0.4 is 0 Å². The van der Waals surface area contributed by atoms with E-state index in [1.165, 1.54) is 25.8 Å². The lowest BCUT2D eigenvalue weighted by Crippen LogP contribution is -2.35. The fourth-order valence-electron chi connectivity index (χ4n) is 2.53. The molecular weight excluding hydrogens is 150 g/mol. The molecule has 0 aromatic carbocycles. The standard InChI is InChI=1S/C10H19NO/c1-8(12-3)9-6-10(4-5-10)7-11(9)2/h8-9H,4-7H2,1-3H3/t8?,9-/m0/s1. The van der Waals surface area contributed by atoms with Gasteiger partial charge in [0.15, 0.2) is 0 Å². The highest BCUT2D eigenvalue weighted by atomic mass is 16.5. The van der Waals surface area contributed by atoms with E-state index in [4.69, 9.17) is 4.74 Å². The second-order valence-corrected chi connectivity index (χ2v) is 4.63. The summed E-state index contributed by atoms with van der Waals surface area (Å²) in [4.78, 5) is 2.47. The molecule has 70 valence electrons. The summed E-state index contributed by atoms with van der Waals surface area (Å²) >= 11 is 0. The number of methoxy groups -OCH3 is 1. The minimum absolute atomic E-state index is 0.398. The molecule has 2 rings (SSSR count). The molecule has 2 heteroatoms. The second kappa shape index (κ2) is 2.71. The molecule has 0 bridgehead atoms. The third-order valence-electron chi connectivity index (χ3n) is 3.66. The van der Waals surface area contributed by atoms with Gasteiger partial charge >= 0.3 is 0 Å². The lowest BCUT2D eigenvalue weighted by Gasteiger charge is -2.24. The maximum atomic E-state index is 5.38. The molecule has 12 heavy (non-hydrogen) atoms. The summed E-state index contributed by atoms with van der Waals surface area (Å²) in [5.41, 5.74) is 0.714. The van der Waals surface area contributed by atoms with E-state index in [2.05, 4.69) is 18.9 Å². The summed E-state index contributed by atoms with van der Waals surface area (Å²) in [7, 11) is 4.05. The van der Waals surface area contributed by atoms with E-state index in [-0.39, 0.29) is 0 Å². The fourth-order valence-corrected chi connectivity index (χ4v) is 2.53. The molecule has 1 aliphatic heterocycles. The first-order chi connectivity index (χ1) is 5.67. The molecule has 1 aliphatic carbocycles. The first kappa shape index (κ1) is 8.52. The van der Waals surface area contributed by atoms with Gasteiger partial charge in [-0.1, -0.05) is 0 Å². The van der Waals surface area contributed by atoms with Gasteiger partial charge in [0.25, 0.3) is 0 Å². The van der Waals surface area contributed by atoms with Crippen molar-refractivity contribution in [2.45, 2.75) is 38.3 Å². The predicted molar refractivity (Wildman–Crippen MR) is 49.2 cm³/mol. The van der Waals surface area contributed by atoms with Crippen molar-refractivity contribution in [3.8, 4) is 0 Å². The summed E-state index contributed by atoms with van der Waals surface area (Å²) in [6.07, 6.45) is 4.66. The smallest absolute Gasteiger partial charge is 0.0698 e. The third kappa shape index (κ3) is 1.27. The molecule has 2 atom stereocenters. The quantitative estimate of drug-likeness (QED) is 0.621.